The van der Waals surface area contributed by atoms with E-state index in [0.717, 1.165) is 23.3 Å². The van der Waals surface area contributed by atoms with E-state index in [-0.39, 0.29) is 17.3 Å². The lowest BCUT2D eigenvalue weighted by Crippen LogP contribution is -2.17. The number of anilines is 4. The van der Waals surface area contributed by atoms with E-state index in [1.807, 2.05) is 20.2 Å². The Morgan fingerprint density at radius 3 is 2.40 bits per heavy atom. The molecule has 4 aromatic rings. The molecule has 12 heteroatoms. The fraction of sp³-hybridized carbons (Fsp3) is 0.217. The number of sulfonamides is 1. The summed E-state index contributed by atoms with van der Waals surface area (Å²) < 4.78 is 56.1. The zero-order valence-corrected chi connectivity index (χ0v) is 20.1. The minimum Gasteiger partial charge on any atom is -0.347 e. The van der Waals surface area contributed by atoms with Crippen molar-refractivity contribution in [3.63, 3.8) is 0 Å². The molecule has 0 spiro atoms. The number of halogens is 2. The monoisotopic (exact) mass is 499 g/mol. The van der Waals surface area contributed by atoms with E-state index in [0.29, 0.717) is 23.3 Å². The quantitative estimate of drug-likeness (QED) is 0.368. The van der Waals surface area contributed by atoms with Crippen molar-refractivity contribution in [3.8, 4) is 11.1 Å². The van der Waals surface area contributed by atoms with Crippen LogP contribution in [-0.2, 0) is 10.0 Å². The van der Waals surface area contributed by atoms with Gasteiger partial charge in [-0.2, -0.15) is 0 Å². The predicted molar refractivity (Wildman–Crippen MR) is 132 cm³/mol. The molecule has 0 bridgehead atoms. The number of rotatable bonds is 8. The summed E-state index contributed by atoms with van der Waals surface area (Å²) in [6.07, 6.45) is 4.96. The minimum absolute atomic E-state index is 0.147. The fourth-order valence-electron chi connectivity index (χ4n) is 3.39. The second-order valence-electron chi connectivity index (χ2n) is 7.95. The lowest BCUT2D eigenvalue weighted by Gasteiger charge is -2.14. The highest BCUT2D eigenvalue weighted by atomic mass is 32.2. The topological polar surface area (TPSA) is 113 Å². The van der Waals surface area contributed by atoms with Crippen LogP contribution in [0.3, 0.4) is 0 Å². The van der Waals surface area contributed by atoms with Crippen LogP contribution in [0.1, 0.15) is 13.3 Å². The summed E-state index contributed by atoms with van der Waals surface area (Å²) in [5.74, 6) is -1.48. The first kappa shape index (κ1) is 24.2. The average Bonchev–Trinajstić information content (AvgIpc) is 2.83. The maximum Gasteiger partial charge on any atom is 0.232 e. The smallest absolute Gasteiger partial charge is 0.232 e. The summed E-state index contributed by atoms with van der Waals surface area (Å²) >= 11 is 0. The molecule has 0 aliphatic rings. The van der Waals surface area contributed by atoms with Gasteiger partial charge in [-0.15, -0.1) is 0 Å². The van der Waals surface area contributed by atoms with Crippen LogP contribution in [0.4, 0.5) is 31.9 Å². The van der Waals surface area contributed by atoms with Gasteiger partial charge < -0.3 is 10.2 Å². The lowest BCUT2D eigenvalue weighted by atomic mass is 10.1. The highest BCUT2D eigenvalue weighted by Gasteiger charge is 2.19. The molecule has 35 heavy (non-hydrogen) atoms. The Hall–Kier alpha value is -3.93. The Bertz CT molecular complexity index is 1480. The molecule has 182 valence electrons. The summed E-state index contributed by atoms with van der Waals surface area (Å²) in [6, 6.07) is 7.36. The standard InChI is InChI=1S/C23H23F2N7O2S/c1-4-9-35(33,34)31-19-8-6-17(24)21(20(19)25)30-22-16-10-14(5-7-18(16)28-13-29-22)15-11-26-23(27-12-15)32(2)3/h5-8,10-13,31H,4,9H2,1-3H3,(H,28,29,30). The molecule has 0 aliphatic heterocycles. The molecule has 2 aromatic heterocycles. The summed E-state index contributed by atoms with van der Waals surface area (Å²) in [5, 5.41) is 3.17. The molecule has 0 atom stereocenters. The van der Waals surface area contributed by atoms with Crippen LogP contribution < -0.4 is 14.9 Å². The second kappa shape index (κ2) is 9.74. The van der Waals surface area contributed by atoms with Crippen molar-refractivity contribution in [3.05, 3.63) is 60.7 Å². The van der Waals surface area contributed by atoms with Crippen molar-refractivity contribution in [2.45, 2.75) is 13.3 Å². The fourth-order valence-corrected chi connectivity index (χ4v) is 4.52. The minimum atomic E-state index is -3.77. The maximum absolute atomic E-state index is 15.1. The zero-order chi connectivity index (χ0) is 25.2. The van der Waals surface area contributed by atoms with Crippen molar-refractivity contribution < 1.29 is 17.2 Å². The molecule has 2 N–H and O–H groups in total. The molecular formula is C23H23F2N7O2S. The highest BCUT2D eigenvalue weighted by Crippen LogP contribution is 2.32. The summed E-state index contributed by atoms with van der Waals surface area (Å²) in [7, 11) is -0.0986. The Balaban J connectivity index is 1.73. The molecule has 0 saturated carbocycles. The van der Waals surface area contributed by atoms with Crippen molar-refractivity contribution in [2.75, 3.05) is 34.8 Å². The molecule has 0 unspecified atom stereocenters. The van der Waals surface area contributed by atoms with Gasteiger partial charge in [-0.1, -0.05) is 13.0 Å². The molecule has 0 aliphatic carbocycles. The van der Waals surface area contributed by atoms with Gasteiger partial charge in [0.25, 0.3) is 0 Å². The van der Waals surface area contributed by atoms with Crippen molar-refractivity contribution in [2.24, 2.45) is 0 Å². The third kappa shape index (κ3) is 5.27. The highest BCUT2D eigenvalue weighted by molar-refractivity contribution is 7.92. The van der Waals surface area contributed by atoms with Crippen LogP contribution in [0.15, 0.2) is 49.1 Å². The third-order valence-corrected chi connectivity index (χ3v) is 6.56. The van der Waals surface area contributed by atoms with Gasteiger partial charge in [0.1, 0.15) is 23.6 Å². The molecule has 2 heterocycles. The molecule has 0 saturated heterocycles. The molecule has 0 amide bonds. The lowest BCUT2D eigenvalue weighted by molar-refractivity contribution is 0.588. The Kier molecular flexibility index (Phi) is 6.74. The van der Waals surface area contributed by atoms with Crippen LogP contribution in [-0.4, -0.2) is 48.2 Å². The van der Waals surface area contributed by atoms with E-state index in [1.54, 1.807) is 36.4 Å². The van der Waals surface area contributed by atoms with Crippen LogP contribution >= 0.6 is 0 Å². The van der Waals surface area contributed by atoms with Crippen LogP contribution in [0.5, 0.6) is 0 Å². The van der Waals surface area contributed by atoms with Gasteiger partial charge in [0.05, 0.1) is 17.0 Å². The maximum atomic E-state index is 15.1. The number of hydrogen-bond donors (Lipinski definition) is 2. The van der Waals surface area contributed by atoms with E-state index >= 15 is 4.39 Å². The molecule has 4 rings (SSSR count). The van der Waals surface area contributed by atoms with Crippen LogP contribution in [0.25, 0.3) is 22.0 Å². The van der Waals surface area contributed by atoms with E-state index in [4.69, 9.17) is 0 Å². The molecular weight excluding hydrogens is 476 g/mol. The van der Waals surface area contributed by atoms with Crippen molar-refractivity contribution in [1.82, 2.24) is 19.9 Å². The Morgan fingerprint density at radius 2 is 1.71 bits per heavy atom. The van der Waals surface area contributed by atoms with E-state index < -0.39 is 27.3 Å². The average molecular weight is 500 g/mol. The summed E-state index contributed by atoms with van der Waals surface area (Å²) in [6.45, 7) is 1.68. The number of nitrogens with one attached hydrogen (secondary N) is 2. The largest absolute Gasteiger partial charge is 0.347 e. The first-order valence-electron chi connectivity index (χ1n) is 10.7. The number of hydrogen-bond acceptors (Lipinski definition) is 8. The van der Waals surface area contributed by atoms with Gasteiger partial charge in [-0.3, -0.25) is 4.72 Å². The number of benzene rings is 2. The van der Waals surface area contributed by atoms with Crippen molar-refractivity contribution in [1.29, 1.82) is 0 Å². The SMILES string of the molecule is CCCS(=O)(=O)Nc1ccc(F)c(Nc2ncnc3ccc(-c4cnc(N(C)C)nc4)cc23)c1F. The molecule has 0 fully saturated rings. The third-order valence-electron chi connectivity index (χ3n) is 5.08. The van der Waals surface area contributed by atoms with Crippen LogP contribution in [0.2, 0.25) is 0 Å². The normalized spacial score (nSPS) is 11.5. The Labute approximate surface area is 201 Å². The number of nitrogens with zero attached hydrogens (tertiary/aromatic N) is 5. The zero-order valence-electron chi connectivity index (χ0n) is 19.2. The van der Waals surface area contributed by atoms with Gasteiger partial charge in [0.15, 0.2) is 5.82 Å². The molecule has 9 nitrogen and oxygen atoms in total. The predicted octanol–water partition coefficient (Wildman–Crippen LogP) is 4.33. The van der Waals surface area contributed by atoms with Crippen LogP contribution in [0, 0.1) is 11.6 Å². The summed E-state index contributed by atoms with van der Waals surface area (Å²) in [4.78, 5) is 18.8. The van der Waals surface area contributed by atoms with Crippen molar-refractivity contribution >= 4 is 44.1 Å². The van der Waals surface area contributed by atoms with Gasteiger partial charge >= 0.3 is 0 Å². The van der Waals surface area contributed by atoms with Gasteiger partial charge in [0.2, 0.25) is 16.0 Å². The molecule has 2 aromatic carbocycles. The Morgan fingerprint density at radius 1 is 0.971 bits per heavy atom. The summed E-state index contributed by atoms with van der Waals surface area (Å²) in [5.41, 5.74) is 1.13. The first-order chi connectivity index (χ1) is 16.7. The van der Waals surface area contributed by atoms with E-state index in [9.17, 15) is 12.8 Å². The second-order valence-corrected chi connectivity index (χ2v) is 9.79. The van der Waals surface area contributed by atoms with Gasteiger partial charge in [-0.05, 0) is 36.2 Å². The first-order valence-corrected chi connectivity index (χ1v) is 12.3. The molecule has 0 radical (unpaired) electrons. The van der Waals surface area contributed by atoms with Gasteiger partial charge in [0, 0.05) is 37.4 Å². The van der Waals surface area contributed by atoms with E-state index in [2.05, 4.69) is 30.0 Å². The number of fused-ring (bicyclic) bond motifs is 1. The van der Waals surface area contributed by atoms with E-state index in [1.165, 1.54) is 6.33 Å². The van der Waals surface area contributed by atoms with Gasteiger partial charge in [-0.25, -0.2) is 37.1 Å². The number of aromatic nitrogens is 4.